The monoisotopic (exact) mass is 317 g/mol. The molecule has 4 nitrogen and oxygen atoms in total. The molecule has 0 amide bonds. The molecule has 0 saturated carbocycles. The lowest BCUT2D eigenvalue weighted by atomic mass is 10.1. The highest BCUT2D eigenvalue weighted by Crippen LogP contribution is 2.11. The van der Waals surface area contributed by atoms with Crippen LogP contribution in [0.5, 0.6) is 0 Å². The summed E-state index contributed by atoms with van der Waals surface area (Å²) in [4.78, 5) is 12.2. The van der Waals surface area contributed by atoms with E-state index in [2.05, 4.69) is 6.92 Å². The van der Waals surface area contributed by atoms with Crippen molar-refractivity contribution in [1.82, 2.24) is 4.90 Å². The Morgan fingerprint density at radius 1 is 0.818 bits per heavy atom. The summed E-state index contributed by atoms with van der Waals surface area (Å²) in [6.45, 7) is 3.27. The molecule has 0 atom stereocenters. The molecule has 0 bridgehead atoms. The number of hydrogen-bond acceptors (Lipinski definition) is 3. The average Bonchev–Trinajstić information content (AvgIpc) is 2.45. The van der Waals surface area contributed by atoms with Crippen LogP contribution in [0.2, 0.25) is 0 Å². The van der Waals surface area contributed by atoms with E-state index in [1.165, 1.54) is 57.8 Å². The molecule has 0 aromatic carbocycles. The van der Waals surface area contributed by atoms with Crippen LogP contribution in [0.25, 0.3) is 0 Å². The molecule has 4 heteroatoms. The third kappa shape index (κ3) is 27.7. The number of rotatable bonds is 14. The van der Waals surface area contributed by atoms with E-state index in [1.807, 2.05) is 19.0 Å². The van der Waals surface area contributed by atoms with Crippen LogP contribution in [0.3, 0.4) is 0 Å². The zero-order valence-electron chi connectivity index (χ0n) is 15.1. The molecule has 0 spiro atoms. The minimum atomic E-state index is -0.657. The first kappa shape index (κ1) is 23.7. The zero-order chi connectivity index (χ0) is 17.1. The van der Waals surface area contributed by atoms with Crippen LogP contribution in [-0.2, 0) is 4.79 Å². The second kappa shape index (κ2) is 20.4. The predicted octanol–water partition coefficient (Wildman–Crippen LogP) is 4.31. The molecule has 0 aromatic heterocycles. The Bertz CT molecular complexity index is 220. The largest absolute Gasteiger partial charge is 0.481 e. The van der Waals surface area contributed by atoms with Gasteiger partial charge in [-0.3, -0.25) is 4.79 Å². The number of aliphatic carboxylic acids is 1. The molecule has 0 heterocycles. The lowest BCUT2D eigenvalue weighted by Crippen LogP contribution is -2.15. The summed E-state index contributed by atoms with van der Waals surface area (Å²) in [5.74, 6) is -0.657. The quantitative estimate of drug-likeness (QED) is 0.469. The molecule has 22 heavy (non-hydrogen) atoms. The molecule has 0 rings (SSSR count). The molecule has 0 aliphatic rings. The van der Waals surface area contributed by atoms with Gasteiger partial charge in [0, 0.05) is 13.0 Å². The number of carbonyl (C=O) groups is 1. The van der Waals surface area contributed by atoms with Crippen LogP contribution in [0.4, 0.5) is 0 Å². The average molecular weight is 318 g/mol. The lowest BCUT2D eigenvalue weighted by Gasteiger charge is -2.03. The number of carboxylic acid groups (broad SMARTS) is 1. The van der Waals surface area contributed by atoms with Crippen LogP contribution in [0.1, 0.15) is 84.0 Å². The van der Waals surface area contributed by atoms with E-state index < -0.39 is 5.97 Å². The Morgan fingerprint density at radius 2 is 1.23 bits per heavy atom. The van der Waals surface area contributed by atoms with E-state index in [-0.39, 0.29) is 6.61 Å². The molecular weight excluding hydrogens is 278 g/mol. The molecular formula is C18H39NO3. The highest BCUT2D eigenvalue weighted by Gasteiger charge is 1.96. The first-order chi connectivity index (χ1) is 10.5. The Morgan fingerprint density at radius 3 is 1.50 bits per heavy atom. The highest BCUT2D eigenvalue weighted by atomic mass is 16.4. The summed E-state index contributed by atoms with van der Waals surface area (Å²) in [5.41, 5.74) is 0. The summed E-state index contributed by atoms with van der Waals surface area (Å²) in [7, 11) is 3.85. The number of likely N-dealkylation sites (N-methyl/N-ethyl adjacent to an activating group) is 1. The van der Waals surface area contributed by atoms with Gasteiger partial charge in [-0.25, -0.2) is 0 Å². The molecule has 134 valence electrons. The maximum Gasteiger partial charge on any atom is 0.303 e. The third-order valence-electron chi connectivity index (χ3n) is 3.54. The number of aliphatic hydroxyl groups is 1. The first-order valence-corrected chi connectivity index (χ1v) is 9.02. The van der Waals surface area contributed by atoms with E-state index in [0.29, 0.717) is 6.42 Å². The van der Waals surface area contributed by atoms with Crippen molar-refractivity contribution in [3.8, 4) is 0 Å². The first-order valence-electron chi connectivity index (χ1n) is 9.02. The van der Waals surface area contributed by atoms with E-state index in [9.17, 15) is 4.79 Å². The number of unbranched alkanes of at least 4 members (excludes halogenated alkanes) is 10. The van der Waals surface area contributed by atoms with E-state index >= 15 is 0 Å². The SMILES string of the molecule is CCCCCCCCCCCCCC(=O)O.CN(C)CCO. The fourth-order valence-electron chi connectivity index (χ4n) is 2.14. The van der Waals surface area contributed by atoms with Gasteiger partial charge in [-0.1, -0.05) is 71.1 Å². The molecule has 0 aliphatic carbocycles. The summed E-state index contributed by atoms with van der Waals surface area (Å²) in [6.07, 6.45) is 14.4. The molecule has 0 fully saturated rings. The maximum absolute atomic E-state index is 10.3. The third-order valence-corrected chi connectivity index (χ3v) is 3.54. The van der Waals surface area contributed by atoms with Crippen molar-refractivity contribution >= 4 is 5.97 Å². The van der Waals surface area contributed by atoms with Crippen LogP contribution in [0.15, 0.2) is 0 Å². The van der Waals surface area contributed by atoms with Gasteiger partial charge in [0.25, 0.3) is 0 Å². The highest BCUT2D eigenvalue weighted by molar-refractivity contribution is 5.66. The summed E-state index contributed by atoms with van der Waals surface area (Å²) < 4.78 is 0. The number of hydrogen-bond donors (Lipinski definition) is 2. The van der Waals surface area contributed by atoms with Crippen molar-refractivity contribution in [1.29, 1.82) is 0 Å². The Labute approximate surface area is 137 Å². The molecule has 0 unspecified atom stereocenters. The van der Waals surface area contributed by atoms with Gasteiger partial charge in [0.05, 0.1) is 6.61 Å². The Balaban J connectivity index is 0. The van der Waals surface area contributed by atoms with Gasteiger partial charge in [0.1, 0.15) is 0 Å². The number of nitrogens with zero attached hydrogens (tertiary/aromatic N) is 1. The number of aliphatic hydroxyl groups excluding tert-OH is 1. The zero-order valence-corrected chi connectivity index (χ0v) is 15.1. The van der Waals surface area contributed by atoms with Gasteiger partial charge >= 0.3 is 5.97 Å². The normalized spacial score (nSPS) is 10.4. The van der Waals surface area contributed by atoms with Crippen LogP contribution in [-0.4, -0.2) is 48.3 Å². The minimum Gasteiger partial charge on any atom is -0.481 e. The lowest BCUT2D eigenvalue weighted by molar-refractivity contribution is -0.137. The fraction of sp³-hybridized carbons (Fsp3) is 0.944. The van der Waals surface area contributed by atoms with Crippen molar-refractivity contribution in [2.24, 2.45) is 0 Å². The Hall–Kier alpha value is -0.610. The predicted molar refractivity (Wildman–Crippen MR) is 94.4 cm³/mol. The second-order valence-electron chi connectivity index (χ2n) is 6.21. The topological polar surface area (TPSA) is 60.8 Å². The smallest absolute Gasteiger partial charge is 0.303 e. The second-order valence-corrected chi connectivity index (χ2v) is 6.21. The molecule has 0 aromatic rings. The van der Waals surface area contributed by atoms with Gasteiger partial charge in [-0.05, 0) is 20.5 Å². The van der Waals surface area contributed by atoms with Crippen molar-refractivity contribution < 1.29 is 15.0 Å². The van der Waals surface area contributed by atoms with Crippen LogP contribution >= 0.6 is 0 Å². The van der Waals surface area contributed by atoms with Crippen LogP contribution < -0.4 is 0 Å². The van der Waals surface area contributed by atoms with Gasteiger partial charge in [-0.2, -0.15) is 0 Å². The summed E-state index contributed by atoms with van der Waals surface area (Å²) in [6, 6.07) is 0. The van der Waals surface area contributed by atoms with E-state index in [0.717, 1.165) is 19.4 Å². The van der Waals surface area contributed by atoms with Crippen LogP contribution in [0, 0.1) is 0 Å². The molecule has 0 radical (unpaired) electrons. The van der Waals surface area contributed by atoms with Gasteiger partial charge in [0.15, 0.2) is 0 Å². The van der Waals surface area contributed by atoms with E-state index in [1.54, 1.807) is 0 Å². The number of carboxylic acids is 1. The maximum atomic E-state index is 10.3. The van der Waals surface area contributed by atoms with E-state index in [4.69, 9.17) is 10.2 Å². The van der Waals surface area contributed by atoms with Crippen molar-refractivity contribution in [3.63, 3.8) is 0 Å². The minimum absolute atomic E-state index is 0.257. The Kier molecular flexibility index (Phi) is 21.9. The van der Waals surface area contributed by atoms with Gasteiger partial charge in [0.2, 0.25) is 0 Å². The molecule has 0 saturated heterocycles. The van der Waals surface area contributed by atoms with Crippen molar-refractivity contribution in [2.45, 2.75) is 84.0 Å². The standard InChI is InChI=1S/C14H28O2.C4H11NO/c1-2-3-4-5-6-7-8-9-10-11-12-13-14(15)16;1-5(2)3-4-6/h2-13H2,1H3,(H,15,16);6H,3-4H2,1-2H3. The molecule has 2 N–H and O–H groups in total. The van der Waals surface area contributed by atoms with Gasteiger partial charge < -0.3 is 15.1 Å². The summed E-state index contributed by atoms with van der Waals surface area (Å²) in [5, 5.41) is 16.7. The fourth-order valence-corrected chi connectivity index (χ4v) is 2.14. The van der Waals surface area contributed by atoms with Crippen molar-refractivity contribution in [3.05, 3.63) is 0 Å². The molecule has 0 aliphatic heterocycles. The van der Waals surface area contributed by atoms with Gasteiger partial charge in [-0.15, -0.1) is 0 Å². The van der Waals surface area contributed by atoms with Crippen molar-refractivity contribution in [2.75, 3.05) is 27.2 Å². The summed E-state index contributed by atoms with van der Waals surface area (Å²) >= 11 is 0.